The highest BCUT2D eigenvalue weighted by molar-refractivity contribution is 5.73. The van der Waals surface area contributed by atoms with Gasteiger partial charge in [-0.3, -0.25) is 29.8 Å². The summed E-state index contributed by atoms with van der Waals surface area (Å²) in [5.41, 5.74) is -0.583. The highest BCUT2D eigenvalue weighted by Crippen LogP contribution is 2.34. The van der Waals surface area contributed by atoms with Gasteiger partial charge in [0.2, 0.25) is 0 Å². The van der Waals surface area contributed by atoms with Gasteiger partial charge in [0, 0.05) is 35.4 Å². The van der Waals surface area contributed by atoms with Gasteiger partial charge in [0.05, 0.1) is 21.7 Å². The molecule has 0 spiro atoms. The standard InChI is InChI=1S/C25H28N2O11/c1-13(2)23(28)35-15(5)19-11-17(26(31)32)7-9-21(19)37-25(30)38-22-10-8-18(27(33)34)12-20(22)16(6)36-24(29)14(3)4/h7-16H,1-6H3. The summed E-state index contributed by atoms with van der Waals surface area (Å²) in [5, 5.41) is 22.5. The minimum Gasteiger partial charge on any atom is -0.457 e. The van der Waals surface area contributed by atoms with Crippen LogP contribution in [0.3, 0.4) is 0 Å². The topological polar surface area (TPSA) is 174 Å². The van der Waals surface area contributed by atoms with E-state index in [0.717, 1.165) is 36.4 Å². The summed E-state index contributed by atoms with van der Waals surface area (Å²) in [6.45, 7) is 9.35. The Morgan fingerprint density at radius 2 is 1.00 bits per heavy atom. The van der Waals surface area contributed by atoms with Crippen molar-refractivity contribution < 1.29 is 43.2 Å². The molecule has 0 saturated heterocycles. The molecule has 38 heavy (non-hydrogen) atoms. The second kappa shape index (κ2) is 12.6. The second-order valence-corrected chi connectivity index (χ2v) is 8.88. The van der Waals surface area contributed by atoms with Gasteiger partial charge < -0.3 is 18.9 Å². The molecule has 0 aromatic heterocycles. The zero-order valence-electron chi connectivity index (χ0n) is 21.7. The fourth-order valence-electron chi connectivity index (χ4n) is 3.07. The van der Waals surface area contributed by atoms with E-state index in [4.69, 9.17) is 18.9 Å². The van der Waals surface area contributed by atoms with Crippen molar-refractivity contribution in [1.82, 2.24) is 0 Å². The van der Waals surface area contributed by atoms with Crippen LogP contribution in [0.2, 0.25) is 0 Å². The molecule has 0 aliphatic heterocycles. The molecule has 0 radical (unpaired) electrons. The average Bonchev–Trinajstić information content (AvgIpc) is 2.83. The maximum atomic E-state index is 12.7. The van der Waals surface area contributed by atoms with Crippen molar-refractivity contribution in [1.29, 1.82) is 0 Å². The molecule has 0 heterocycles. The van der Waals surface area contributed by atoms with E-state index in [1.165, 1.54) is 13.8 Å². The molecule has 0 amide bonds. The SMILES string of the molecule is CC(C)C(=O)OC(C)c1cc([N+](=O)[O-])ccc1OC(=O)Oc1ccc([N+](=O)[O-])cc1C(C)OC(=O)C(C)C. The number of carbonyl (C=O) groups is 3. The normalized spacial score (nSPS) is 12.4. The number of rotatable bonds is 10. The Hall–Kier alpha value is -4.55. The van der Waals surface area contributed by atoms with Gasteiger partial charge in [-0.1, -0.05) is 27.7 Å². The van der Waals surface area contributed by atoms with Gasteiger partial charge in [-0.05, 0) is 26.0 Å². The largest absolute Gasteiger partial charge is 0.519 e. The average molecular weight is 533 g/mol. The molecule has 0 bridgehead atoms. The minimum absolute atomic E-state index is 0.0355. The van der Waals surface area contributed by atoms with Crippen LogP contribution >= 0.6 is 0 Å². The van der Waals surface area contributed by atoms with Crippen LogP contribution in [-0.2, 0) is 19.1 Å². The number of nitrogens with zero attached hydrogens (tertiary/aromatic N) is 2. The second-order valence-electron chi connectivity index (χ2n) is 8.88. The lowest BCUT2D eigenvalue weighted by Gasteiger charge is -2.19. The van der Waals surface area contributed by atoms with Crippen LogP contribution in [-0.4, -0.2) is 27.9 Å². The number of ether oxygens (including phenoxy) is 4. The summed E-state index contributed by atoms with van der Waals surface area (Å²) in [4.78, 5) is 58.0. The Bertz CT molecular complexity index is 1150. The molecular formula is C25H28N2O11. The lowest BCUT2D eigenvalue weighted by molar-refractivity contribution is -0.385. The van der Waals surface area contributed by atoms with E-state index in [-0.39, 0.29) is 34.0 Å². The van der Waals surface area contributed by atoms with E-state index >= 15 is 0 Å². The highest BCUT2D eigenvalue weighted by Gasteiger charge is 2.26. The first-order valence-electron chi connectivity index (χ1n) is 11.6. The molecule has 2 aromatic carbocycles. The maximum absolute atomic E-state index is 12.7. The molecule has 2 unspecified atom stereocenters. The van der Waals surface area contributed by atoms with Crippen molar-refractivity contribution in [3.63, 3.8) is 0 Å². The number of carbonyl (C=O) groups excluding carboxylic acids is 3. The van der Waals surface area contributed by atoms with Crippen LogP contribution in [0.5, 0.6) is 11.5 Å². The van der Waals surface area contributed by atoms with Gasteiger partial charge in [-0.25, -0.2) is 4.79 Å². The van der Waals surface area contributed by atoms with Crippen molar-refractivity contribution in [2.75, 3.05) is 0 Å². The number of benzene rings is 2. The summed E-state index contributed by atoms with van der Waals surface area (Å²) in [5.74, 6) is -2.44. The van der Waals surface area contributed by atoms with Crippen molar-refractivity contribution >= 4 is 29.5 Å². The fourth-order valence-corrected chi connectivity index (χ4v) is 3.07. The molecular weight excluding hydrogens is 504 g/mol. The van der Waals surface area contributed by atoms with E-state index in [0.29, 0.717) is 0 Å². The lowest BCUT2D eigenvalue weighted by atomic mass is 10.1. The third kappa shape index (κ3) is 7.72. The summed E-state index contributed by atoms with van der Waals surface area (Å²) in [6, 6.07) is 6.69. The first-order valence-corrected chi connectivity index (χ1v) is 11.6. The predicted octanol–water partition coefficient (Wildman–Crippen LogP) is 5.60. The van der Waals surface area contributed by atoms with Crippen LogP contribution in [0.1, 0.15) is 64.9 Å². The van der Waals surface area contributed by atoms with E-state index in [2.05, 4.69) is 0 Å². The number of non-ortho nitro benzene ring substituents is 2. The molecule has 0 aliphatic rings. The maximum Gasteiger partial charge on any atom is 0.519 e. The van der Waals surface area contributed by atoms with Crippen LogP contribution in [0, 0.1) is 32.1 Å². The minimum atomic E-state index is -1.29. The van der Waals surface area contributed by atoms with E-state index in [1.807, 2.05) is 0 Å². The molecule has 0 fully saturated rings. The molecule has 13 nitrogen and oxygen atoms in total. The van der Waals surface area contributed by atoms with Crippen LogP contribution in [0.25, 0.3) is 0 Å². The number of nitro benzene ring substituents is 2. The smallest absolute Gasteiger partial charge is 0.457 e. The van der Waals surface area contributed by atoms with E-state index in [1.54, 1.807) is 27.7 Å². The third-order valence-electron chi connectivity index (χ3n) is 5.20. The van der Waals surface area contributed by atoms with Gasteiger partial charge in [0.15, 0.2) is 0 Å². The van der Waals surface area contributed by atoms with Gasteiger partial charge in [0.1, 0.15) is 23.7 Å². The van der Waals surface area contributed by atoms with Gasteiger partial charge in [-0.2, -0.15) is 0 Å². The van der Waals surface area contributed by atoms with Crippen LogP contribution < -0.4 is 9.47 Å². The zero-order chi connectivity index (χ0) is 28.7. The summed E-state index contributed by atoms with van der Waals surface area (Å²) >= 11 is 0. The number of hydrogen-bond donors (Lipinski definition) is 0. The quantitative estimate of drug-likeness (QED) is 0.161. The summed E-state index contributed by atoms with van der Waals surface area (Å²) < 4.78 is 21.1. The van der Waals surface area contributed by atoms with Gasteiger partial charge in [-0.15, -0.1) is 0 Å². The van der Waals surface area contributed by atoms with Crippen molar-refractivity contribution in [2.24, 2.45) is 11.8 Å². The number of hydrogen-bond acceptors (Lipinski definition) is 11. The zero-order valence-corrected chi connectivity index (χ0v) is 21.7. The Labute approximate surface area is 217 Å². The first-order chi connectivity index (χ1) is 17.7. The van der Waals surface area contributed by atoms with Crippen molar-refractivity contribution in [3.8, 4) is 11.5 Å². The van der Waals surface area contributed by atoms with Crippen LogP contribution in [0.15, 0.2) is 36.4 Å². The predicted molar refractivity (Wildman–Crippen MR) is 132 cm³/mol. The van der Waals surface area contributed by atoms with Crippen molar-refractivity contribution in [3.05, 3.63) is 67.8 Å². The molecule has 0 N–H and O–H groups in total. The molecule has 0 aliphatic carbocycles. The summed E-state index contributed by atoms with van der Waals surface area (Å²) in [7, 11) is 0. The lowest BCUT2D eigenvalue weighted by Crippen LogP contribution is -2.19. The molecule has 2 rings (SSSR count). The van der Waals surface area contributed by atoms with Gasteiger partial charge in [0.25, 0.3) is 11.4 Å². The first kappa shape index (κ1) is 29.7. The highest BCUT2D eigenvalue weighted by atomic mass is 16.7. The summed E-state index contributed by atoms with van der Waals surface area (Å²) in [6.07, 6.45) is -3.32. The Morgan fingerprint density at radius 1 is 0.658 bits per heavy atom. The number of esters is 2. The number of nitro groups is 2. The molecule has 2 atom stereocenters. The monoisotopic (exact) mass is 532 g/mol. The fraction of sp³-hybridized carbons (Fsp3) is 0.400. The molecule has 204 valence electrons. The Balaban J connectivity index is 2.37. The van der Waals surface area contributed by atoms with Crippen LogP contribution in [0.4, 0.5) is 16.2 Å². The Morgan fingerprint density at radius 3 is 1.29 bits per heavy atom. The van der Waals surface area contributed by atoms with E-state index in [9.17, 15) is 34.6 Å². The Kier molecular flexibility index (Phi) is 9.85. The van der Waals surface area contributed by atoms with Gasteiger partial charge >= 0.3 is 18.1 Å². The molecule has 0 saturated carbocycles. The molecule has 2 aromatic rings. The van der Waals surface area contributed by atoms with Crippen molar-refractivity contribution in [2.45, 2.75) is 53.8 Å². The molecule has 13 heteroatoms. The third-order valence-corrected chi connectivity index (χ3v) is 5.20. The van der Waals surface area contributed by atoms with E-state index < -0.39 is 52.0 Å².